The van der Waals surface area contributed by atoms with Gasteiger partial charge in [-0.2, -0.15) is 0 Å². The van der Waals surface area contributed by atoms with Crippen LogP contribution in [0.25, 0.3) is 11.3 Å². The molecule has 1 aliphatic rings. The standard InChI is InChI=1S/C25H35N3O2/c1-17(2)6-7-19-8-9-22(27-15-19)21-16-26-18(3)20(14-23(29)30)24(21)28-12-10-25(4,5)11-13-28/h8-9,15-17H,6-7,10-14H2,1-5H3,(H,29,30). The van der Waals surface area contributed by atoms with Crippen LogP contribution in [0.3, 0.4) is 0 Å². The molecule has 0 saturated carbocycles. The maximum absolute atomic E-state index is 11.6. The summed E-state index contributed by atoms with van der Waals surface area (Å²) in [6.07, 6.45) is 8.14. The van der Waals surface area contributed by atoms with Gasteiger partial charge >= 0.3 is 5.97 Å². The Kier molecular flexibility index (Phi) is 6.79. The molecule has 0 radical (unpaired) electrons. The molecule has 3 rings (SSSR count). The highest BCUT2D eigenvalue weighted by Gasteiger charge is 2.29. The van der Waals surface area contributed by atoms with E-state index >= 15 is 0 Å². The molecule has 2 aromatic heterocycles. The second-order valence-corrected chi connectivity index (χ2v) is 9.79. The van der Waals surface area contributed by atoms with Gasteiger partial charge in [0.05, 0.1) is 17.8 Å². The number of anilines is 1. The van der Waals surface area contributed by atoms with Gasteiger partial charge in [-0.15, -0.1) is 0 Å². The Labute approximate surface area is 180 Å². The highest BCUT2D eigenvalue weighted by atomic mass is 16.4. The predicted molar refractivity (Wildman–Crippen MR) is 122 cm³/mol. The van der Waals surface area contributed by atoms with Crippen molar-refractivity contribution in [3.63, 3.8) is 0 Å². The summed E-state index contributed by atoms with van der Waals surface area (Å²) in [5.41, 5.74) is 5.96. The number of carbonyl (C=O) groups is 1. The fraction of sp³-hybridized carbons (Fsp3) is 0.560. The Hall–Kier alpha value is -2.43. The van der Waals surface area contributed by atoms with Crippen molar-refractivity contribution in [3.8, 4) is 11.3 Å². The van der Waals surface area contributed by atoms with Crippen LogP contribution in [0.4, 0.5) is 5.69 Å². The molecule has 2 aromatic rings. The molecule has 1 fully saturated rings. The van der Waals surface area contributed by atoms with Crippen molar-refractivity contribution in [3.05, 3.63) is 41.3 Å². The quantitative estimate of drug-likeness (QED) is 0.673. The van der Waals surface area contributed by atoms with Crippen molar-refractivity contribution in [2.45, 2.75) is 66.7 Å². The Balaban J connectivity index is 2.00. The second-order valence-electron chi connectivity index (χ2n) is 9.79. The lowest BCUT2D eigenvalue weighted by Gasteiger charge is -2.40. The minimum Gasteiger partial charge on any atom is -0.481 e. The van der Waals surface area contributed by atoms with Crippen LogP contribution in [-0.2, 0) is 17.6 Å². The van der Waals surface area contributed by atoms with E-state index in [4.69, 9.17) is 4.98 Å². The monoisotopic (exact) mass is 409 g/mol. The molecule has 5 nitrogen and oxygen atoms in total. The summed E-state index contributed by atoms with van der Waals surface area (Å²) in [5.74, 6) is -0.160. The number of nitrogens with zero attached hydrogens (tertiary/aromatic N) is 3. The number of pyridine rings is 2. The van der Waals surface area contributed by atoms with Gasteiger partial charge in [-0.05, 0) is 55.6 Å². The van der Waals surface area contributed by atoms with Crippen molar-refractivity contribution in [2.24, 2.45) is 11.3 Å². The van der Waals surface area contributed by atoms with Crippen LogP contribution in [0.1, 0.15) is 63.8 Å². The van der Waals surface area contributed by atoms with E-state index < -0.39 is 5.97 Å². The van der Waals surface area contributed by atoms with Gasteiger partial charge in [0, 0.05) is 42.3 Å². The van der Waals surface area contributed by atoms with E-state index in [1.807, 2.05) is 19.3 Å². The molecule has 0 amide bonds. The van der Waals surface area contributed by atoms with Gasteiger partial charge in [-0.3, -0.25) is 14.8 Å². The number of hydrogen-bond acceptors (Lipinski definition) is 4. The summed E-state index contributed by atoms with van der Waals surface area (Å²) in [6, 6.07) is 4.20. The van der Waals surface area contributed by atoms with Crippen LogP contribution in [0.15, 0.2) is 24.5 Å². The third kappa shape index (κ3) is 5.38. The maximum Gasteiger partial charge on any atom is 0.307 e. The number of hydrogen-bond donors (Lipinski definition) is 1. The molecule has 0 aliphatic carbocycles. The van der Waals surface area contributed by atoms with Gasteiger partial charge in [0.15, 0.2) is 0 Å². The van der Waals surface area contributed by atoms with Crippen molar-refractivity contribution in [2.75, 3.05) is 18.0 Å². The van der Waals surface area contributed by atoms with E-state index in [1.54, 1.807) is 0 Å². The van der Waals surface area contributed by atoms with Gasteiger partial charge in [-0.1, -0.05) is 33.8 Å². The molecule has 1 saturated heterocycles. The molecule has 0 atom stereocenters. The zero-order valence-electron chi connectivity index (χ0n) is 19.0. The third-order valence-corrected chi connectivity index (χ3v) is 6.24. The summed E-state index contributed by atoms with van der Waals surface area (Å²) in [5, 5.41) is 9.54. The molecule has 0 aromatic carbocycles. The summed E-state index contributed by atoms with van der Waals surface area (Å²) >= 11 is 0. The second kappa shape index (κ2) is 9.15. The van der Waals surface area contributed by atoms with Crippen LogP contribution < -0.4 is 4.90 Å². The summed E-state index contributed by atoms with van der Waals surface area (Å²) in [6.45, 7) is 12.8. The number of piperidine rings is 1. The Morgan fingerprint density at radius 2 is 1.87 bits per heavy atom. The highest BCUT2D eigenvalue weighted by Crippen LogP contribution is 2.39. The lowest BCUT2D eigenvalue weighted by molar-refractivity contribution is -0.136. The minimum atomic E-state index is -0.826. The number of aryl methyl sites for hydroxylation is 2. The summed E-state index contributed by atoms with van der Waals surface area (Å²) in [4.78, 5) is 23.3. The zero-order chi connectivity index (χ0) is 21.9. The van der Waals surface area contributed by atoms with Gasteiger partial charge in [0.25, 0.3) is 0 Å². The van der Waals surface area contributed by atoms with Crippen molar-refractivity contribution in [1.82, 2.24) is 9.97 Å². The fourth-order valence-corrected chi connectivity index (χ4v) is 4.07. The first kappa shape index (κ1) is 22.3. The van der Waals surface area contributed by atoms with Crippen LogP contribution >= 0.6 is 0 Å². The van der Waals surface area contributed by atoms with E-state index in [-0.39, 0.29) is 6.42 Å². The summed E-state index contributed by atoms with van der Waals surface area (Å²) in [7, 11) is 0. The van der Waals surface area contributed by atoms with Crippen LogP contribution in [-0.4, -0.2) is 34.1 Å². The van der Waals surface area contributed by atoms with E-state index in [2.05, 4.69) is 49.7 Å². The zero-order valence-corrected chi connectivity index (χ0v) is 19.0. The SMILES string of the molecule is Cc1ncc(-c2ccc(CCC(C)C)cn2)c(N2CCC(C)(C)CC2)c1CC(=O)O. The topological polar surface area (TPSA) is 66.3 Å². The van der Waals surface area contributed by atoms with Crippen LogP contribution in [0, 0.1) is 18.3 Å². The maximum atomic E-state index is 11.6. The summed E-state index contributed by atoms with van der Waals surface area (Å²) < 4.78 is 0. The first-order valence-electron chi connectivity index (χ1n) is 11.1. The molecule has 30 heavy (non-hydrogen) atoms. The molecule has 0 unspecified atom stereocenters. The molecule has 5 heteroatoms. The number of aromatic nitrogens is 2. The first-order valence-corrected chi connectivity index (χ1v) is 11.1. The van der Waals surface area contributed by atoms with Crippen LogP contribution in [0.2, 0.25) is 0 Å². The molecular weight excluding hydrogens is 374 g/mol. The van der Waals surface area contributed by atoms with Gasteiger partial charge < -0.3 is 10.0 Å². The van der Waals surface area contributed by atoms with Gasteiger partial charge in [0.1, 0.15) is 0 Å². The Morgan fingerprint density at radius 3 is 2.43 bits per heavy atom. The molecule has 1 aliphatic heterocycles. The van der Waals surface area contributed by atoms with E-state index in [0.717, 1.165) is 67.0 Å². The van der Waals surface area contributed by atoms with Crippen molar-refractivity contribution in [1.29, 1.82) is 0 Å². The van der Waals surface area contributed by atoms with E-state index in [1.165, 1.54) is 5.56 Å². The molecular formula is C25H35N3O2. The third-order valence-electron chi connectivity index (χ3n) is 6.24. The normalized spacial score (nSPS) is 16.1. The fourth-order valence-electron chi connectivity index (χ4n) is 4.07. The number of aliphatic carboxylic acids is 1. The number of carboxylic acid groups (broad SMARTS) is 1. The molecule has 0 bridgehead atoms. The molecule has 1 N–H and O–H groups in total. The van der Waals surface area contributed by atoms with E-state index in [0.29, 0.717) is 11.3 Å². The Morgan fingerprint density at radius 1 is 1.17 bits per heavy atom. The minimum absolute atomic E-state index is 0.0195. The predicted octanol–water partition coefficient (Wildman–Crippen LogP) is 5.29. The van der Waals surface area contributed by atoms with E-state index in [9.17, 15) is 9.90 Å². The highest BCUT2D eigenvalue weighted by molar-refractivity contribution is 5.83. The molecule has 0 spiro atoms. The average Bonchev–Trinajstić information content (AvgIpc) is 2.68. The van der Waals surface area contributed by atoms with Crippen molar-refractivity contribution < 1.29 is 9.90 Å². The largest absolute Gasteiger partial charge is 0.481 e. The average molecular weight is 410 g/mol. The lowest BCUT2D eigenvalue weighted by atomic mass is 9.82. The van der Waals surface area contributed by atoms with Gasteiger partial charge in [-0.25, -0.2) is 0 Å². The Bertz CT molecular complexity index is 878. The van der Waals surface area contributed by atoms with Crippen molar-refractivity contribution >= 4 is 11.7 Å². The smallest absolute Gasteiger partial charge is 0.307 e. The lowest BCUT2D eigenvalue weighted by Crippen LogP contribution is -2.38. The number of carboxylic acids is 1. The molecule has 162 valence electrons. The molecule has 3 heterocycles. The van der Waals surface area contributed by atoms with Crippen LogP contribution in [0.5, 0.6) is 0 Å². The number of rotatable bonds is 7. The van der Waals surface area contributed by atoms with Gasteiger partial charge in [0.2, 0.25) is 0 Å². The first-order chi connectivity index (χ1) is 14.2.